The lowest BCUT2D eigenvalue weighted by Gasteiger charge is -2.22. The van der Waals surface area contributed by atoms with Crippen molar-refractivity contribution in [2.45, 2.75) is 13.0 Å². The molecule has 0 aliphatic heterocycles. The number of amides is 3. The van der Waals surface area contributed by atoms with E-state index in [-0.39, 0.29) is 30.3 Å². The molecule has 158 valence electrons. The normalized spacial score (nSPS) is 10.2. The highest BCUT2D eigenvalue weighted by Gasteiger charge is 2.19. The zero-order valence-electron chi connectivity index (χ0n) is 16.8. The van der Waals surface area contributed by atoms with E-state index in [2.05, 4.69) is 5.32 Å². The number of carbonyl (C=O) groups is 3. The summed E-state index contributed by atoms with van der Waals surface area (Å²) in [6.07, 6.45) is 0.0574. The molecule has 0 atom stereocenters. The van der Waals surface area contributed by atoms with Crippen LogP contribution < -0.4 is 15.7 Å². The first-order valence-electron chi connectivity index (χ1n) is 9.76. The first kappa shape index (κ1) is 21.7. The molecule has 3 aromatic rings. The van der Waals surface area contributed by atoms with Gasteiger partial charge in [0.2, 0.25) is 11.8 Å². The average Bonchev–Trinajstić information content (AvgIpc) is 2.82. The SMILES string of the molecule is O=C(CN(C(=O)Cc1ccc(C(=O)NO)cc1)c1ccccc1)NCc1ccccc1. The Hall–Kier alpha value is -3.97. The Morgan fingerprint density at radius 1 is 0.774 bits per heavy atom. The summed E-state index contributed by atoms with van der Waals surface area (Å²) in [5.74, 6) is -1.14. The Kier molecular flexibility index (Phi) is 7.50. The van der Waals surface area contributed by atoms with Gasteiger partial charge in [0.1, 0.15) is 6.54 Å². The highest BCUT2D eigenvalue weighted by molar-refractivity contribution is 6.00. The van der Waals surface area contributed by atoms with Crippen LogP contribution in [-0.2, 0) is 22.6 Å². The minimum Gasteiger partial charge on any atom is -0.350 e. The molecule has 0 aromatic heterocycles. The second-order valence-electron chi connectivity index (χ2n) is 6.89. The summed E-state index contributed by atoms with van der Waals surface area (Å²) in [5, 5.41) is 11.5. The van der Waals surface area contributed by atoms with Crippen molar-refractivity contribution in [3.8, 4) is 0 Å². The summed E-state index contributed by atoms with van der Waals surface area (Å²) < 4.78 is 0. The van der Waals surface area contributed by atoms with Crippen LogP contribution in [0.15, 0.2) is 84.9 Å². The van der Waals surface area contributed by atoms with Crippen LogP contribution in [0, 0.1) is 0 Å². The van der Waals surface area contributed by atoms with E-state index in [4.69, 9.17) is 5.21 Å². The topological polar surface area (TPSA) is 98.7 Å². The van der Waals surface area contributed by atoms with Crippen LogP contribution in [0.5, 0.6) is 0 Å². The molecule has 31 heavy (non-hydrogen) atoms. The zero-order chi connectivity index (χ0) is 22.1. The van der Waals surface area contributed by atoms with Crippen molar-refractivity contribution in [2.24, 2.45) is 0 Å². The molecule has 0 saturated carbocycles. The molecule has 7 nitrogen and oxygen atoms in total. The maximum atomic E-state index is 13.0. The second-order valence-corrected chi connectivity index (χ2v) is 6.89. The molecular weight excluding hydrogens is 394 g/mol. The predicted octanol–water partition coefficient (Wildman–Crippen LogP) is 2.70. The van der Waals surface area contributed by atoms with Crippen molar-refractivity contribution in [3.05, 3.63) is 102 Å². The van der Waals surface area contributed by atoms with Crippen molar-refractivity contribution in [2.75, 3.05) is 11.4 Å². The van der Waals surface area contributed by atoms with Gasteiger partial charge in [0, 0.05) is 17.8 Å². The van der Waals surface area contributed by atoms with E-state index >= 15 is 0 Å². The number of hydrogen-bond donors (Lipinski definition) is 3. The fraction of sp³-hybridized carbons (Fsp3) is 0.125. The van der Waals surface area contributed by atoms with Gasteiger partial charge in [-0.25, -0.2) is 5.48 Å². The van der Waals surface area contributed by atoms with E-state index in [1.54, 1.807) is 41.9 Å². The first-order valence-corrected chi connectivity index (χ1v) is 9.76. The van der Waals surface area contributed by atoms with Crippen molar-refractivity contribution < 1.29 is 19.6 Å². The molecule has 0 aliphatic rings. The van der Waals surface area contributed by atoms with Gasteiger partial charge in [-0.2, -0.15) is 0 Å². The van der Waals surface area contributed by atoms with E-state index in [1.807, 2.05) is 36.4 Å². The van der Waals surface area contributed by atoms with E-state index in [1.165, 1.54) is 17.0 Å². The standard InChI is InChI=1S/C24H23N3O4/c28-22(25-16-19-7-3-1-4-8-19)17-27(21-9-5-2-6-10-21)23(29)15-18-11-13-20(14-12-18)24(30)26-31/h1-14,31H,15-17H2,(H,25,28)(H,26,30). The summed E-state index contributed by atoms with van der Waals surface area (Å²) >= 11 is 0. The molecule has 7 heteroatoms. The monoisotopic (exact) mass is 417 g/mol. The molecular formula is C24H23N3O4. The molecule has 0 unspecified atom stereocenters. The van der Waals surface area contributed by atoms with Gasteiger partial charge in [0.05, 0.1) is 6.42 Å². The summed E-state index contributed by atoms with van der Waals surface area (Å²) in [6.45, 7) is 0.269. The zero-order valence-corrected chi connectivity index (χ0v) is 16.8. The molecule has 0 heterocycles. The molecule has 0 bridgehead atoms. The lowest BCUT2D eigenvalue weighted by atomic mass is 10.1. The van der Waals surface area contributed by atoms with Gasteiger partial charge in [-0.1, -0.05) is 60.7 Å². The van der Waals surface area contributed by atoms with Gasteiger partial charge in [0.25, 0.3) is 5.91 Å². The Morgan fingerprint density at radius 3 is 2.00 bits per heavy atom. The summed E-state index contributed by atoms with van der Waals surface area (Å²) in [4.78, 5) is 38.4. The number of benzene rings is 3. The fourth-order valence-corrected chi connectivity index (χ4v) is 3.04. The third-order valence-electron chi connectivity index (χ3n) is 4.68. The summed E-state index contributed by atoms with van der Waals surface area (Å²) in [6, 6.07) is 24.9. The van der Waals surface area contributed by atoms with Crippen LogP contribution in [-0.4, -0.2) is 29.5 Å². The number of hydrogen-bond acceptors (Lipinski definition) is 4. The van der Waals surface area contributed by atoms with Crippen LogP contribution in [0.3, 0.4) is 0 Å². The Bertz CT molecular complexity index is 1020. The maximum absolute atomic E-state index is 13.0. The van der Waals surface area contributed by atoms with Crippen LogP contribution in [0.4, 0.5) is 5.69 Å². The van der Waals surface area contributed by atoms with Crippen LogP contribution in [0.2, 0.25) is 0 Å². The number of rotatable bonds is 8. The van der Waals surface area contributed by atoms with Gasteiger partial charge >= 0.3 is 0 Å². The molecule has 3 amide bonds. The Labute approximate surface area is 180 Å². The van der Waals surface area contributed by atoms with E-state index in [0.29, 0.717) is 17.8 Å². The average molecular weight is 417 g/mol. The molecule has 3 aromatic carbocycles. The third kappa shape index (κ3) is 6.25. The maximum Gasteiger partial charge on any atom is 0.274 e. The lowest BCUT2D eigenvalue weighted by Crippen LogP contribution is -2.41. The van der Waals surface area contributed by atoms with Crippen LogP contribution in [0.25, 0.3) is 0 Å². The minimum atomic E-state index is -0.626. The molecule has 0 aliphatic carbocycles. The molecule has 0 saturated heterocycles. The lowest BCUT2D eigenvalue weighted by molar-refractivity contribution is -0.123. The van der Waals surface area contributed by atoms with Gasteiger partial charge in [-0.3, -0.25) is 19.6 Å². The van der Waals surface area contributed by atoms with Crippen molar-refractivity contribution in [3.63, 3.8) is 0 Å². The Balaban J connectivity index is 1.69. The summed E-state index contributed by atoms with van der Waals surface area (Å²) in [7, 11) is 0. The number of para-hydroxylation sites is 1. The number of nitrogens with one attached hydrogen (secondary N) is 2. The van der Waals surface area contributed by atoms with Crippen LogP contribution >= 0.6 is 0 Å². The quantitative estimate of drug-likeness (QED) is 0.388. The fourth-order valence-electron chi connectivity index (χ4n) is 3.04. The van der Waals surface area contributed by atoms with E-state index < -0.39 is 5.91 Å². The number of carbonyl (C=O) groups excluding carboxylic acids is 3. The third-order valence-corrected chi connectivity index (χ3v) is 4.68. The molecule has 0 fully saturated rings. The largest absolute Gasteiger partial charge is 0.350 e. The number of anilines is 1. The number of nitrogens with zero attached hydrogens (tertiary/aromatic N) is 1. The van der Waals surface area contributed by atoms with Gasteiger partial charge in [-0.05, 0) is 35.4 Å². The van der Waals surface area contributed by atoms with Gasteiger partial charge in [0.15, 0.2) is 0 Å². The smallest absolute Gasteiger partial charge is 0.274 e. The minimum absolute atomic E-state index is 0.0574. The van der Waals surface area contributed by atoms with Crippen molar-refractivity contribution >= 4 is 23.4 Å². The van der Waals surface area contributed by atoms with Gasteiger partial charge in [-0.15, -0.1) is 0 Å². The number of hydroxylamine groups is 1. The summed E-state index contributed by atoms with van der Waals surface area (Å²) in [5.41, 5.74) is 4.13. The second kappa shape index (κ2) is 10.7. The van der Waals surface area contributed by atoms with Crippen LogP contribution in [0.1, 0.15) is 21.5 Å². The highest BCUT2D eigenvalue weighted by atomic mass is 16.5. The van der Waals surface area contributed by atoms with E-state index in [0.717, 1.165) is 5.56 Å². The van der Waals surface area contributed by atoms with Gasteiger partial charge < -0.3 is 10.2 Å². The van der Waals surface area contributed by atoms with Crippen molar-refractivity contribution in [1.82, 2.24) is 10.8 Å². The molecule has 3 N–H and O–H groups in total. The highest BCUT2D eigenvalue weighted by Crippen LogP contribution is 2.16. The first-order chi connectivity index (χ1) is 15.1. The Morgan fingerprint density at radius 2 is 1.39 bits per heavy atom. The van der Waals surface area contributed by atoms with Crippen molar-refractivity contribution in [1.29, 1.82) is 0 Å². The molecule has 3 rings (SSSR count). The molecule has 0 radical (unpaired) electrons. The predicted molar refractivity (Wildman–Crippen MR) is 116 cm³/mol. The molecule has 0 spiro atoms. The van der Waals surface area contributed by atoms with E-state index in [9.17, 15) is 14.4 Å².